The molecule has 0 radical (unpaired) electrons. The Kier molecular flexibility index (Phi) is 6.09. The summed E-state index contributed by atoms with van der Waals surface area (Å²) >= 11 is 0. The normalized spacial score (nSPS) is 22.5. The number of pyridine rings is 1. The quantitative estimate of drug-likeness (QED) is 0.692. The van der Waals surface area contributed by atoms with Crippen LogP contribution in [0.2, 0.25) is 0 Å². The number of nitrogens with one attached hydrogen (secondary N) is 1. The molecule has 1 spiro atoms. The van der Waals surface area contributed by atoms with E-state index in [-0.39, 0.29) is 41.4 Å². The molecule has 2 aromatic heterocycles. The Bertz CT molecular complexity index is 1060. The van der Waals surface area contributed by atoms with Crippen molar-refractivity contribution < 1.29 is 18.4 Å². The van der Waals surface area contributed by atoms with Crippen molar-refractivity contribution in [3.05, 3.63) is 41.6 Å². The summed E-state index contributed by atoms with van der Waals surface area (Å²) in [4.78, 5) is 33.2. The van der Waals surface area contributed by atoms with Crippen molar-refractivity contribution >= 4 is 11.8 Å². The van der Waals surface area contributed by atoms with Crippen LogP contribution in [-0.4, -0.2) is 69.0 Å². The van der Waals surface area contributed by atoms with Gasteiger partial charge < -0.3 is 14.6 Å². The van der Waals surface area contributed by atoms with Gasteiger partial charge in [-0.05, 0) is 49.7 Å². The van der Waals surface area contributed by atoms with Crippen LogP contribution in [0.5, 0.6) is 0 Å². The van der Waals surface area contributed by atoms with E-state index in [1.807, 2.05) is 13.8 Å². The molecule has 9 nitrogen and oxygen atoms in total. The molecule has 3 aliphatic rings. The predicted octanol–water partition coefficient (Wildman–Crippen LogP) is 2.68. The van der Waals surface area contributed by atoms with E-state index in [1.165, 1.54) is 18.3 Å². The van der Waals surface area contributed by atoms with Crippen molar-refractivity contribution in [3.8, 4) is 0 Å². The fraction of sp³-hybridized carbons (Fsp3) is 0.625. The van der Waals surface area contributed by atoms with Crippen molar-refractivity contribution in [2.75, 3.05) is 26.2 Å². The molecule has 1 saturated carbocycles. The van der Waals surface area contributed by atoms with E-state index in [9.17, 15) is 14.0 Å². The van der Waals surface area contributed by atoms with Gasteiger partial charge in [0.2, 0.25) is 17.7 Å². The van der Waals surface area contributed by atoms with Crippen LogP contribution < -0.4 is 5.32 Å². The largest absolute Gasteiger partial charge is 0.423 e. The Balaban J connectivity index is 1.30. The molecule has 4 heterocycles. The molecule has 10 heteroatoms. The molecule has 2 aromatic rings. The highest BCUT2D eigenvalue weighted by molar-refractivity contribution is 5.92. The zero-order valence-corrected chi connectivity index (χ0v) is 19.7. The Morgan fingerprint density at radius 2 is 2.03 bits per heavy atom. The smallest absolute Gasteiger partial charge is 0.275 e. The Morgan fingerprint density at radius 3 is 2.68 bits per heavy atom. The van der Waals surface area contributed by atoms with E-state index in [4.69, 9.17) is 4.42 Å². The van der Waals surface area contributed by atoms with Crippen LogP contribution in [0.1, 0.15) is 80.2 Å². The van der Waals surface area contributed by atoms with Crippen LogP contribution in [0.15, 0.2) is 22.7 Å². The highest BCUT2D eigenvalue weighted by Crippen LogP contribution is 2.49. The van der Waals surface area contributed by atoms with E-state index < -0.39 is 5.82 Å². The fourth-order valence-corrected chi connectivity index (χ4v) is 5.09. The van der Waals surface area contributed by atoms with Gasteiger partial charge in [0, 0.05) is 37.8 Å². The van der Waals surface area contributed by atoms with E-state index in [0.717, 1.165) is 38.6 Å². The highest BCUT2D eigenvalue weighted by atomic mass is 19.1. The molecule has 2 amide bonds. The second kappa shape index (κ2) is 9.05. The van der Waals surface area contributed by atoms with Crippen LogP contribution in [-0.2, 0) is 4.79 Å². The zero-order chi connectivity index (χ0) is 23.9. The molecule has 2 aliphatic heterocycles. The minimum absolute atomic E-state index is 0.0198. The molecule has 34 heavy (non-hydrogen) atoms. The number of piperidine rings is 1. The second-order valence-electron chi connectivity index (χ2n) is 10.2. The number of carbonyl (C=O) groups is 2. The first-order valence-electron chi connectivity index (χ1n) is 12.1. The predicted molar refractivity (Wildman–Crippen MR) is 120 cm³/mol. The molecule has 1 atom stereocenters. The van der Waals surface area contributed by atoms with E-state index >= 15 is 0 Å². The minimum Gasteiger partial charge on any atom is -0.423 e. The first-order chi connectivity index (χ1) is 16.3. The van der Waals surface area contributed by atoms with E-state index in [1.54, 1.807) is 4.90 Å². The molecule has 3 fully saturated rings. The highest BCUT2D eigenvalue weighted by Gasteiger charge is 2.49. The average molecular weight is 471 g/mol. The number of likely N-dealkylation sites (tertiary alicyclic amines) is 2. The van der Waals surface area contributed by atoms with Gasteiger partial charge >= 0.3 is 0 Å². The molecular formula is C24H31FN6O3. The molecule has 5 rings (SSSR count). The number of aromatic nitrogens is 3. The fourth-order valence-electron chi connectivity index (χ4n) is 5.09. The molecule has 1 N–H and O–H groups in total. The van der Waals surface area contributed by atoms with Crippen molar-refractivity contribution in [1.29, 1.82) is 0 Å². The molecule has 0 bridgehead atoms. The van der Waals surface area contributed by atoms with Gasteiger partial charge in [0.25, 0.3) is 5.91 Å². The molecular weight excluding hydrogens is 439 g/mol. The van der Waals surface area contributed by atoms with Crippen LogP contribution in [0, 0.1) is 11.2 Å². The SMILES string of the molecule is CC(C)c1nnc(C2CC3(CCN(C(=O)c4ncccc4F)CC3)CN2CC(=O)NC2CC2)o1. The molecule has 1 aliphatic carbocycles. The topological polar surface area (TPSA) is 104 Å². The van der Waals surface area contributed by atoms with E-state index in [0.29, 0.717) is 30.9 Å². The van der Waals surface area contributed by atoms with Crippen LogP contribution >= 0.6 is 0 Å². The summed E-state index contributed by atoms with van der Waals surface area (Å²) in [7, 11) is 0. The number of carbonyl (C=O) groups excluding carboxylic acids is 2. The maximum Gasteiger partial charge on any atom is 0.275 e. The zero-order valence-electron chi connectivity index (χ0n) is 19.7. The van der Waals surface area contributed by atoms with E-state index in [2.05, 4.69) is 25.4 Å². The number of rotatable bonds is 6. The summed E-state index contributed by atoms with van der Waals surface area (Å²) < 4.78 is 20.1. The number of halogens is 1. The average Bonchev–Trinajstić information content (AvgIpc) is 3.36. The summed E-state index contributed by atoms with van der Waals surface area (Å²) in [6.45, 7) is 6.05. The Morgan fingerprint density at radius 1 is 1.26 bits per heavy atom. The lowest BCUT2D eigenvalue weighted by molar-refractivity contribution is -0.122. The summed E-state index contributed by atoms with van der Waals surface area (Å²) in [5.41, 5.74) is -0.204. The molecule has 1 unspecified atom stereocenters. The molecule has 0 aromatic carbocycles. The lowest BCUT2D eigenvalue weighted by atomic mass is 9.76. The Hall–Kier alpha value is -2.88. The number of hydrogen-bond acceptors (Lipinski definition) is 7. The first kappa shape index (κ1) is 22.9. The third-order valence-electron chi connectivity index (χ3n) is 7.20. The number of nitrogens with zero attached hydrogens (tertiary/aromatic N) is 5. The third kappa shape index (κ3) is 4.68. The van der Waals surface area contributed by atoms with Gasteiger partial charge in [0.1, 0.15) is 0 Å². The van der Waals surface area contributed by atoms with Crippen molar-refractivity contribution in [2.45, 2.75) is 64.0 Å². The van der Waals surface area contributed by atoms with Gasteiger partial charge in [-0.2, -0.15) is 0 Å². The molecule has 182 valence electrons. The summed E-state index contributed by atoms with van der Waals surface area (Å²) in [5, 5.41) is 11.6. The standard InChI is InChI=1S/C24H31FN6O3/c1-15(2)21-28-29-22(34-21)18-12-24(14-31(18)13-19(32)27-16-5-6-16)7-10-30(11-8-24)23(33)20-17(25)4-3-9-26-20/h3-4,9,15-16,18H,5-8,10-14H2,1-2H3,(H,27,32). The lowest BCUT2D eigenvalue weighted by Gasteiger charge is -2.39. The van der Waals surface area contributed by atoms with Gasteiger partial charge in [-0.15, -0.1) is 10.2 Å². The van der Waals surface area contributed by atoms with Crippen molar-refractivity contribution in [1.82, 2.24) is 30.3 Å². The minimum atomic E-state index is -0.598. The van der Waals surface area contributed by atoms with Gasteiger partial charge in [-0.3, -0.25) is 14.5 Å². The van der Waals surface area contributed by atoms with Crippen molar-refractivity contribution in [3.63, 3.8) is 0 Å². The lowest BCUT2D eigenvalue weighted by Crippen LogP contribution is -2.45. The van der Waals surface area contributed by atoms with Gasteiger partial charge in [0.05, 0.1) is 12.6 Å². The van der Waals surface area contributed by atoms with Crippen molar-refractivity contribution in [2.24, 2.45) is 5.41 Å². The Labute approximate surface area is 198 Å². The van der Waals surface area contributed by atoms with Crippen LogP contribution in [0.4, 0.5) is 4.39 Å². The first-order valence-corrected chi connectivity index (χ1v) is 12.1. The third-order valence-corrected chi connectivity index (χ3v) is 7.20. The van der Waals surface area contributed by atoms with Crippen LogP contribution in [0.25, 0.3) is 0 Å². The number of hydrogen-bond donors (Lipinski definition) is 1. The van der Waals surface area contributed by atoms with Crippen LogP contribution in [0.3, 0.4) is 0 Å². The maximum atomic E-state index is 14.1. The summed E-state index contributed by atoms with van der Waals surface area (Å²) in [6.07, 6.45) is 5.82. The second-order valence-corrected chi connectivity index (χ2v) is 10.2. The monoisotopic (exact) mass is 470 g/mol. The number of amides is 2. The maximum absolute atomic E-state index is 14.1. The summed E-state index contributed by atoms with van der Waals surface area (Å²) in [5.74, 6) is 0.321. The van der Waals surface area contributed by atoms with Gasteiger partial charge in [-0.1, -0.05) is 13.8 Å². The van der Waals surface area contributed by atoms with Gasteiger partial charge in [-0.25, -0.2) is 9.37 Å². The van der Waals surface area contributed by atoms with Gasteiger partial charge in [0.15, 0.2) is 11.5 Å². The summed E-state index contributed by atoms with van der Waals surface area (Å²) in [6, 6.07) is 2.90. The molecule has 2 saturated heterocycles.